The van der Waals surface area contributed by atoms with Crippen molar-refractivity contribution in [2.75, 3.05) is 5.32 Å². The Labute approximate surface area is 234 Å². The summed E-state index contributed by atoms with van der Waals surface area (Å²) in [5.41, 5.74) is 7.24. The van der Waals surface area contributed by atoms with Crippen LogP contribution in [0.15, 0.2) is 104 Å². The molecule has 0 aliphatic rings. The SMILES string of the molecule is OC(Cc1ccccc1)Nc1cncc(-c2cnc3n[nH]c(-c4nc5c(-c6ccccc6F)cccc5[nH]4)c3c2)c1. The first-order valence-corrected chi connectivity index (χ1v) is 13.1. The summed E-state index contributed by atoms with van der Waals surface area (Å²) in [6, 6.07) is 26.0. The number of rotatable bonds is 7. The van der Waals surface area contributed by atoms with Crippen LogP contribution in [0.3, 0.4) is 0 Å². The minimum absolute atomic E-state index is 0.303. The van der Waals surface area contributed by atoms with Crippen LogP contribution in [0.25, 0.3) is 55.8 Å². The van der Waals surface area contributed by atoms with Gasteiger partial charge in [-0.3, -0.25) is 10.1 Å². The number of nitrogens with zero attached hydrogens (tertiary/aromatic N) is 4. The summed E-state index contributed by atoms with van der Waals surface area (Å²) >= 11 is 0. The van der Waals surface area contributed by atoms with Gasteiger partial charge in [0, 0.05) is 41.1 Å². The molecule has 1 atom stereocenters. The van der Waals surface area contributed by atoms with Gasteiger partial charge < -0.3 is 15.4 Å². The predicted molar refractivity (Wildman–Crippen MR) is 157 cm³/mol. The second-order valence-electron chi connectivity index (χ2n) is 9.77. The van der Waals surface area contributed by atoms with E-state index in [1.807, 2.05) is 66.7 Å². The van der Waals surface area contributed by atoms with Crippen molar-refractivity contribution in [3.63, 3.8) is 0 Å². The summed E-state index contributed by atoms with van der Waals surface area (Å²) in [7, 11) is 0. The third kappa shape index (κ3) is 4.79. The van der Waals surface area contributed by atoms with Crippen molar-refractivity contribution in [1.29, 1.82) is 0 Å². The Hall–Kier alpha value is -5.41. The highest BCUT2D eigenvalue weighted by atomic mass is 19.1. The smallest absolute Gasteiger partial charge is 0.181 e. The third-order valence-corrected chi connectivity index (χ3v) is 7.00. The van der Waals surface area contributed by atoms with E-state index in [1.165, 1.54) is 6.07 Å². The fraction of sp³-hybridized carbons (Fsp3) is 0.0625. The number of imidazole rings is 1. The average molecular weight is 542 g/mol. The fourth-order valence-electron chi connectivity index (χ4n) is 5.04. The molecular formula is C32H24FN7O. The summed E-state index contributed by atoms with van der Waals surface area (Å²) in [4.78, 5) is 17.1. The number of H-pyrrole nitrogens is 2. The van der Waals surface area contributed by atoms with Crippen molar-refractivity contribution < 1.29 is 9.50 Å². The normalized spacial score (nSPS) is 12.1. The van der Waals surface area contributed by atoms with Crippen LogP contribution in [-0.2, 0) is 6.42 Å². The van der Waals surface area contributed by atoms with Crippen LogP contribution >= 0.6 is 0 Å². The van der Waals surface area contributed by atoms with Crippen molar-refractivity contribution in [2.45, 2.75) is 12.6 Å². The van der Waals surface area contributed by atoms with Crippen molar-refractivity contribution >= 4 is 27.8 Å². The molecule has 0 saturated heterocycles. The van der Waals surface area contributed by atoms with E-state index in [0.717, 1.165) is 27.6 Å². The first-order chi connectivity index (χ1) is 20.1. The number of hydrogen-bond donors (Lipinski definition) is 4. The topological polar surface area (TPSA) is 115 Å². The number of nitrogens with one attached hydrogen (secondary N) is 3. The van der Waals surface area contributed by atoms with Gasteiger partial charge in [-0.1, -0.05) is 60.7 Å². The number of hydrogen-bond acceptors (Lipinski definition) is 6. The van der Waals surface area contributed by atoms with Crippen LogP contribution in [0.4, 0.5) is 10.1 Å². The lowest BCUT2D eigenvalue weighted by Crippen LogP contribution is -2.21. The largest absolute Gasteiger partial charge is 0.373 e. The second kappa shape index (κ2) is 10.3. The van der Waals surface area contributed by atoms with Gasteiger partial charge in [0.15, 0.2) is 11.5 Å². The summed E-state index contributed by atoms with van der Waals surface area (Å²) in [5.74, 6) is 0.270. The van der Waals surface area contributed by atoms with Crippen molar-refractivity contribution in [3.8, 4) is 33.8 Å². The molecule has 0 fully saturated rings. The Balaban J connectivity index is 1.21. The van der Waals surface area contributed by atoms with Gasteiger partial charge >= 0.3 is 0 Å². The minimum atomic E-state index is -0.766. The maximum atomic E-state index is 14.6. The molecule has 7 aromatic rings. The first kappa shape index (κ1) is 24.6. The zero-order chi connectivity index (χ0) is 27.8. The average Bonchev–Trinajstić information content (AvgIpc) is 3.62. The molecule has 1 unspecified atom stereocenters. The van der Waals surface area contributed by atoms with Crippen molar-refractivity contribution in [2.24, 2.45) is 0 Å². The van der Waals surface area contributed by atoms with Crippen molar-refractivity contribution in [3.05, 3.63) is 115 Å². The molecule has 9 heteroatoms. The van der Waals surface area contributed by atoms with Gasteiger partial charge in [-0.2, -0.15) is 5.10 Å². The number of anilines is 1. The van der Waals surface area contributed by atoms with Gasteiger partial charge in [0.05, 0.1) is 28.3 Å². The van der Waals surface area contributed by atoms with E-state index < -0.39 is 6.23 Å². The molecule has 3 aromatic carbocycles. The second-order valence-corrected chi connectivity index (χ2v) is 9.77. The zero-order valence-corrected chi connectivity index (χ0v) is 21.7. The number of fused-ring (bicyclic) bond motifs is 2. The van der Waals surface area contributed by atoms with E-state index in [-0.39, 0.29) is 5.82 Å². The number of pyridine rings is 2. The van der Waals surface area contributed by atoms with Crippen LogP contribution in [0.5, 0.6) is 0 Å². The standard InChI is InChI=1S/C32H24FN7O/c33-26-11-5-4-9-23(26)24-10-6-12-27-29(24)38-32(37-27)30-25-15-21(17-35-31(25)40-39-30)20-14-22(18-34-16-20)36-28(41)13-19-7-2-1-3-8-19/h1-12,14-18,28,36,41H,13H2,(H,37,38)(H,35,39,40). The van der Waals surface area contributed by atoms with Crippen LogP contribution in [0.2, 0.25) is 0 Å². The molecule has 0 aliphatic heterocycles. The Morgan fingerprint density at radius 3 is 2.54 bits per heavy atom. The molecule has 7 rings (SSSR count). The maximum Gasteiger partial charge on any atom is 0.181 e. The Morgan fingerprint density at radius 2 is 1.66 bits per heavy atom. The number of benzene rings is 3. The Bertz CT molecular complexity index is 2000. The molecule has 0 saturated carbocycles. The molecule has 4 N–H and O–H groups in total. The van der Waals surface area contributed by atoms with E-state index in [0.29, 0.717) is 45.9 Å². The molecule has 0 radical (unpaired) electrons. The molecule has 200 valence electrons. The molecule has 8 nitrogen and oxygen atoms in total. The van der Waals surface area contributed by atoms with Gasteiger partial charge in [0.25, 0.3) is 0 Å². The molecule has 0 amide bonds. The minimum Gasteiger partial charge on any atom is -0.373 e. The van der Waals surface area contributed by atoms with Crippen LogP contribution in [0.1, 0.15) is 5.56 Å². The fourth-order valence-corrected chi connectivity index (χ4v) is 5.04. The van der Waals surface area contributed by atoms with Gasteiger partial charge in [0.1, 0.15) is 17.7 Å². The summed E-state index contributed by atoms with van der Waals surface area (Å²) < 4.78 is 14.6. The summed E-state index contributed by atoms with van der Waals surface area (Å²) in [5, 5.41) is 21.9. The molecule has 0 aliphatic carbocycles. The van der Waals surface area contributed by atoms with E-state index >= 15 is 0 Å². The van der Waals surface area contributed by atoms with Gasteiger partial charge in [-0.05, 0) is 29.8 Å². The van der Waals surface area contributed by atoms with E-state index in [4.69, 9.17) is 4.98 Å². The lowest BCUT2D eigenvalue weighted by atomic mass is 10.0. The Morgan fingerprint density at radius 1 is 0.854 bits per heavy atom. The van der Waals surface area contributed by atoms with E-state index in [9.17, 15) is 9.50 Å². The number of aromatic amines is 2. The van der Waals surface area contributed by atoms with Gasteiger partial charge in [-0.25, -0.2) is 14.4 Å². The zero-order valence-electron chi connectivity index (χ0n) is 21.7. The summed E-state index contributed by atoms with van der Waals surface area (Å²) in [6.45, 7) is 0. The van der Waals surface area contributed by atoms with Crippen molar-refractivity contribution in [1.82, 2.24) is 30.1 Å². The number of aliphatic hydroxyl groups excluding tert-OH is 1. The van der Waals surface area contributed by atoms with Crippen LogP contribution < -0.4 is 5.32 Å². The maximum absolute atomic E-state index is 14.6. The number of aromatic nitrogens is 6. The Kier molecular flexibility index (Phi) is 6.18. The van der Waals surface area contributed by atoms with Crippen LogP contribution in [0, 0.1) is 5.82 Å². The third-order valence-electron chi connectivity index (χ3n) is 7.00. The molecule has 4 heterocycles. The van der Waals surface area contributed by atoms with Gasteiger partial charge in [-0.15, -0.1) is 0 Å². The highest BCUT2D eigenvalue weighted by molar-refractivity contribution is 5.97. The molecule has 41 heavy (non-hydrogen) atoms. The predicted octanol–water partition coefficient (Wildman–Crippen LogP) is 6.34. The summed E-state index contributed by atoms with van der Waals surface area (Å²) in [6.07, 6.45) is 4.86. The molecule has 0 bridgehead atoms. The number of halogens is 1. The highest BCUT2D eigenvalue weighted by Gasteiger charge is 2.17. The monoisotopic (exact) mass is 541 g/mol. The number of aliphatic hydroxyl groups is 1. The van der Waals surface area contributed by atoms with E-state index in [2.05, 4.69) is 30.5 Å². The van der Waals surface area contributed by atoms with Gasteiger partial charge in [0.2, 0.25) is 0 Å². The quantitative estimate of drug-likeness (QED) is 0.175. The molecule has 4 aromatic heterocycles. The van der Waals surface area contributed by atoms with Crippen LogP contribution in [-0.4, -0.2) is 41.5 Å². The highest BCUT2D eigenvalue weighted by Crippen LogP contribution is 2.33. The first-order valence-electron chi connectivity index (χ1n) is 13.1. The molecular weight excluding hydrogens is 517 g/mol. The lowest BCUT2D eigenvalue weighted by molar-refractivity contribution is 0.204. The lowest BCUT2D eigenvalue weighted by Gasteiger charge is -2.14. The van der Waals surface area contributed by atoms with E-state index in [1.54, 1.807) is 30.7 Å². The molecule has 0 spiro atoms. The number of para-hydroxylation sites is 1.